The first-order chi connectivity index (χ1) is 6.43. The van der Waals surface area contributed by atoms with Crippen molar-refractivity contribution in [3.8, 4) is 0 Å². The predicted molar refractivity (Wildman–Crippen MR) is 48.7 cm³/mol. The Balaban J connectivity index is 2.82. The zero-order valence-corrected chi connectivity index (χ0v) is 8.32. The fourth-order valence-electron chi connectivity index (χ4n) is 1.96. The van der Waals surface area contributed by atoms with Gasteiger partial charge < -0.3 is 5.11 Å². The van der Waals surface area contributed by atoms with Gasteiger partial charge in [0.2, 0.25) is 0 Å². The van der Waals surface area contributed by atoms with E-state index in [4.69, 9.17) is 5.11 Å². The second kappa shape index (κ2) is 3.90. The predicted octanol–water partition coefficient (Wildman–Crippen LogP) is 0.891. The van der Waals surface area contributed by atoms with E-state index < -0.39 is 5.97 Å². The Hall–Kier alpha value is -1.19. The molecule has 2 atom stereocenters. The third kappa shape index (κ3) is 2.00. The molecule has 0 aromatic rings. The van der Waals surface area contributed by atoms with E-state index in [1.54, 1.807) is 13.8 Å². The molecule has 0 bridgehead atoms. The van der Waals surface area contributed by atoms with Crippen LogP contribution in [-0.4, -0.2) is 22.6 Å². The molecule has 4 nitrogen and oxygen atoms in total. The number of carboxylic acid groups (broad SMARTS) is 1. The van der Waals surface area contributed by atoms with Crippen LogP contribution >= 0.6 is 0 Å². The first-order valence-electron chi connectivity index (χ1n) is 4.70. The lowest BCUT2D eigenvalue weighted by molar-refractivity contribution is -0.143. The molecule has 4 heteroatoms. The van der Waals surface area contributed by atoms with Crippen LogP contribution in [-0.2, 0) is 14.4 Å². The van der Waals surface area contributed by atoms with Crippen LogP contribution in [0.25, 0.3) is 0 Å². The van der Waals surface area contributed by atoms with Gasteiger partial charge in [0.1, 0.15) is 11.6 Å². The lowest BCUT2D eigenvalue weighted by Gasteiger charge is -2.31. The van der Waals surface area contributed by atoms with Crippen molar-refractivity contribution in [3.63, 3.8) is 0 Å². The van der Waals surface area contributed by atoms with Gasteiger partial charge in [-0.15, -0.1) is 0 Å². The molecular weight excluding hydrogens is 184 g/mol. The lowest BCUT2D eigenvalue weighted by atomic mass is 9.71. The fraction of sp³-hybridized carbons (Fsp3) is 0.700. The summed E-state index contributed by atoms with van der Waals surface area (Å²) in [6.45, 7) is 3.41. The molecule has 0 spiro atoms. The number of carboxylic acids is 1. The van der Waals surface area contributed by atoms with Crippen LogP contribution in [0.15, 0.2) is 0 Å². The van der Waals surface area contributed by atoms with Gasteiger partial charge in [-0.3, -0.25) is 14.4 Å². The van der Waals surface area contributed by atoms with Gasteiger partial charge in [-0.05, 0) is 5.92 Å². The summed E-state index contributed by atoms with van der Waals surface area (Å²) in [6.07, 6.45) is -0.127. The highest BCUT2D eigenvalue weighted by Crippen LogP contribution is 2.32. The van der Waals surface area contributed by atoms with Gasteiger partial charge in [-0.25, -0.2) is 0 Å². The number of carbonyl (C=O) groups is 3. The normalized spacial score (nSPS) is 33.1. The van der Waals surface area contributed by atoms with E-state index in [-0.39, 0.29) is 42.2 Å². The van der Waals surface area contributed by atoms with Gasteiger partial charge in [0.15, 0.2) is 0 Å². The molecule has 0 aliphatic heterocycles. The zero-order valence-electron chi connectivity index (χ0n) is 8.32. The summed E-state index contributed by atoms with van der Waals surface area (Å²) in [4.78, 5) is 33.2. The van der Waals surface area contributed by atoms with Gasteiger partial charge in [0.25, 0.3) is 0 Å². The second-order valence-corrected chi connectivity index (χ2v) is 3.95. The van der Waals surface area contributed by atoms with E-state index in [1.807, 2.05) is 0 Å². The van der Waals surface area contributed by atoms with Crippen molar-refractivity contribution < 1.29 is 19.5 Å². The molecule has 1 saturated carbocycles. The standard InChI is InChI=1S/C10H14O4/c1-5-7(3-10(13)14)6(2)9(12)4-8(5)11/h5-7H,3-4H2,1-2H3,(H,13,14). The van der Waals surface area contributed by atoms with Crippen LogP contribution < -0.4 is 0 Å². The number of Topliss-reactive ketones (excluding diaryl/α,β-unsaturated/α-hetero) is 2. The molecule has 2 unspecified atom stereocenters. The third-order valence-corrected chi connectivity index (χ3v) is 3.06. The van der Waals surface area contributed by atoms with Crippen LogP contribution in [0.4, 0.5) is 0 Å². The topological polar surface area (TPSA) is 71.4 Å². The molecule has 1 aliphatic rings. The highest BCUT2D eigenvalue weighted by atomic mass is 16.4. The first kappa shape index (κ1) is 10.9. The fourth-order valence-corrected chi connectivity index (χ4v) is 1.96. The van der Waals surface area contributed by atoms with Crippen molar-refractivity contribution in [2.24, 2.45) is 17.8 Å². The average molecular weight is 198 g/mol. The zero-order chi connectivity index (χ0) is 10.9. The maximum Gasteiger partial charge on any atom is 0.303 e. The second-order valence-electron chi connectivity index (χ2n) is 3.95. The van der Waals surface area contributed by atoms with Gasteiger partial charge >= 0.3 is 5.97 Å². The molecule has 0 aromatic carbocycles. The van der Waals surface area contributed by atoms with Gasteiger partial charge in [0.05, 0.1) is 6.42 Å². The van der Waals surface area contributed by atoms with E-state index >= 15 is 0 Å². The summed E-state index contributed by atoms with van der Waals surface area (Å²) in [6, 6.07) is 0. The van der Waals surface area contributed by atoms with E-state index in [2.05, 4.69) is 0 Å². The molecule has 0 saturated heterocycles. The molecule has 1 aliphatic carbocycles. The van der Waals surface area contributed by atoms with E-state index in [0.717, 1.165) is 0 Å². The molecular formula is C10H14O4. The van der Waals surface area contributed by atoms with E-state index in [1.165, 1.54) is 0 Å². The SMILES string of the molecule is CC1C(=O)CC(=O)C(C)C1CC(=O)O. The average Bonchev–Trinajstić information content (AvgIpc) is 2.09. The maximum absolute atomic E-state index is 11.3. The summed E-state index contributed by atoms with van der Waals surface area (Å²) in [5.74, 6) is -2.14. The van der Waals surface area contributed by atoms with Crippen molar-refractivity contribution in [1.29, 1.82) is 0 Å². The van der Waals surface area contributed by atoms with Crippen molar-refractivity contribution in [3.05, 3.63) is 0 Å². The third-order valence-electron chi connectivity index (χ3n) is 3.06. The Bertz CT molecular complexity index is 262. The Morgan fingerprint density at radius 2 is 1.71 bits per heavy atom. The summed E-state index contributed by atoms with van der Waals surface area (Å²) >= 11 is 0. The van der Waals surface area contributed by atoms with Gasteiger partial charge in [-0.2, -0.15) is 0 Å². The van der Waals surface area contributed by atoms with Crippen molar-refractivity contribution in [1.82, 2.24) is 0 Å². The van der Waals surface area contributed by atoms with Crippen LogP contribution in [0.5, 0.6) is 0 Å². The molecule has 0 amide bonds. The molecule has 1 rings (SSSR count). The lowest BCUT2D eigenvalue weighted by Crippen LogP contribution is -2.39. The molecule has 0 radical (unpaired) electrons. The van der Waals surface area contributed by atoms with Crippen molar-refractivity contribution in [2.75, 3.05) is 0 Å². The van der Waals surface area contributed by atoms with Gasteiger partial charge in [-0.1, -0.05) is 13.8 Å². The summed E-state index contributed by atoms with van der Waals surface area (Å²) in [5.41, 5.74) is 0. The number of hydrogen-bond donors (Lipinski definition) is 1. The molecule has 78 valence electrons. The number of rotatable bonds is 2. The molecule has 0 heterocycles. The largest absolute Gasteiger partial charge is 0.481 e. The molecule has 0 aromatic heterocycles. The Kier molecular flexibility index (Phi) is 3.03. The summed E-state index contributed by atoms with van der Waals surface area (Å²) < 4.78 is 0. The maximum atomic E-state index is 11.3. The van der Waals surface area contributed by atoms with E-state index in [9.17, 15) is 14.4 Å². The number of hydrogen-bond acceptors (Lipinski definition) is 3. The quantitative estimate of drug-likeness (QED) is 0.669. The van der Waals surface area contributed by atoms with Crippen LogP contribution in [0.1, 0.15) is 26.7 Å². The first-order valence-corrected chi connectivity index (χ1v) is 4.70. The number of ketones is 2. The number of aliphatic carboxylic acids is 1. The Labute approximate surface area is 82.3 Å². The van der Waals surface area contributed by atoms with Crippen LogP contribution in [0, 0.1) is 17.8 Å². The van der Waals surface area contributed by atoms with Crippen molar-refractivity contribution in [2.45, 2.75) is 26.7 Å². The highest BCUT2D eigenvalue weighted by molar-refractivity contribution is 6.03. The van der Waals surface area contributed by atoms with Crippen LogP contribution in [0.2, 0.25) is 0 Å². The summed E-state index contributed by atoms with van der Waals surface area (Å²) in [7, 11) is 0. The van der Waals surface area contributed by atoms with Crippen LogP contribution in [0.3, 0.4) is 0 Å². The molecule has 1 N–H and O–H groups in total. The minimum atomic E-state index is -0.948. The highest BCUT2D eigenvalue weighted by Gasteiger charge is 2.39. The monoisotopic (exact) mass is 198 g/mol. The molecule has 1 fully saturated rings. The number of carbonyl (C=O) groups excluding carboxylic acids is 2. The van der Waals surface area contributed by atoms with E-state index in [0.29, 0.717) is 0 Å². The van der Waals surface area contributed by atoms with Crippen molar-refractivity contribution >= 4 is 17.5 Å². The van der Waals surface area contributed by atoms with Gasteiger partial charge in [0, 0.05) is 18.3 Å². The Morgan fingerprint density at radius 1 is 1.29 bits per heavy atom. The minimum absolute atomic E-state index is 0.0293. The summed E-state index contributed by atoms with van der Waals surface area (Å²) in [5, 5.41) is 8.65. The minimum Gasteiger partial charge on any atom is -0.481 e. The smallest absolute Gasteiger partial charge is 0.303 e. The Morgan fingerprint density at radius 3 is 2.07 bits per heavy atom. The molecule has 14 heavy (non-hydrogen) atoms.